The highest BCUT2D eigenvalue weighted by Crippen LogP contribution is 2.36. The number of hydrogen-bond acceptors (Lipinski definition) is 4. The molecule has 1 amide bonds. The molecule has 4 aliphatic heterocycles. The molecule has 1 unspecified atom stereocenters. The Morgan fingerprint density at radius 1 is 1.16 bits per heavy atom. The van der Waals surface area contributed by atoms with Crippen molar-refractivity contribution in [2.24, 2.45) is 11.8 Å². The molecule has 0 spiro atoms. The van der Waals surface area contributed by atoms with Crippen molar-refractivity contribution in [1.82, 2.24) is 15.1 Å². The van der Waals surface area contributed by atoms with E-state index in [0.29, 0.717) is 6.04 Å². The molecule has 4 fully saturated rings. The third kappa shape index (κ3) is 4.21. The van der Waals surface area contributed by atoms with Crippen molar-refractivity contribution in [3.8, 4) is 0 Å². The fourth-order valence-electron chi connectivity index (χ4n) is 4.69. The molecule has 1 aromatic carbocycles. The van der Waals surface area contributed by atoms with Crippen LogP contribution in [-0.4, -0.2) is 72.5 Å². The summed E-state index contributed by atoms with van der Waals surface area (Å²) in [4.78, 5) is 17.6. The van der Waals surface area contributed by atoms with Crippen molar-refractivity contribution >= 4 is 17.7 Å². The smallest absolute Gasteiger partial charge is 0.251 e. The Hall–Kier alpha value is -1.04. The van der Waals surface area contributed by atoms with Crippen LogP contribution in [0.15, 0.2) is 30.3 Å². The van der Waals surface area contributed by atoms with Gasteiger partial charge in [-0.2, -0.15) is 11.8 Å². The fraction of sp³-hybridized carbons (Fsp3) is 0.650. The van der Waals surface area contributed by atoms with Gasteiger partial charge in [-0.1, -0.05) is 18.2 Å². The second kappa shape index (κ2) is 8.11. The van der Waals surface area contributed by atoms with Crippen LogP contribution in [-0.2, 0) is 0 Å². The molecule has 4 aliphatic rings. The first-order valence-electron chi connectivity index (χ1n) is 9.67. The summed E-state index contributed by atoms with van der Waals surface area (Å²) in [5, 5.41) is 3.16. The maximum absolute atomic E-state index is 12.3. The molecule has 5 heteroatoms. The molecular formula is C20H29N3OS. The maximum atomic E-state index is 12.3. The molecule has 5 rings (SSSR count). The van der Waals surface area contributed by atoms with Gasteiger partial charge in [-0.25, -0.2) is 0 Å². The number of fused-ring (bicyclic) bond motifs is 3. The van der Waals surface area contributed by atoms with E-state index in [1.54, 1.807) is 0 Å². The predicted octanol–water partition coefficient (Wildman–Crippen LogP) is 2.18. The van der Waals surface area contributed by atoms with Gasteiger partial charge in [0.05, 0.1) is 0 Å². The van der Waals surface area contributed by atoms with Crippen molar-refractivity contribution in [1.29, 1.82) is 0 Å². The summed E-state index contributed by atoms with van der Waals surface area (Å²) in [7, 11) is 0. The van der Waals surface area contributed by atoms with Gasteiger partial charge in [0.25, 0.3) is 5.91 Å². The minimum absolute atomic E-state index is 0.0608. The molecule has 0 aromatic heterocycles. The largest absolute Gasteiger partial charge is 0.350 e. The summed E-state index contributed by atoms with van der Waals surface area (Å²) in [6, 6.07) is 10.1. The Kier molecular flexibility index (Phi) is 5.63. The van der Waals surface area contributed by atoms with Crippen LogP contribution in [0.3, 0.4) is 0 Å². The van der Waals surface area contributed by atoms with Gasteiger partial charge in [0.15, 0.2) is 0 Å². The van der Waals surface area contributed by atoms with Crippen molar-refractivity contribution < 1.29 is 4.79 Å². The number of thioether (sulfide) groups is 1. The topological polar surface area (TPSA) is 35.6 Å². The Morgan fingerprint density at radius 2 is 1.96 bits per heavy atom. The van der Waals surface area contributed by atoms with Crippen LogP contribution >= 0.6 is 11.8 Å². The third-order valence-electron chi connectivity index (χ3n) is 6.14. The summed E-state index contributed by atoms with van der Waals surface area (Å²) in [6.07, 6.45) is 2.60. The van der Waals surface area contributed by atoms with E-state index >= 15 is 0 Å². The van der Waals surface area contributed by atoms with Crippen LogP contribution in [0.4, 0.5) is 0 Å². The quantitative estimate of drug-likeness (QED) is 0.874. The molecule has 25 heavy (non-hydrogen) atoms. The Morgan fingerprint density at radius 3 is 2.68 bits per heavy atom. The van der Waals surface area contributed by atoms with Crippen molar-refractivity contribution in [2.75, 3.05) is 50.8 Å². The lowest BCUT2D eigenvalue weighted by Gasteiger charge is -2.51. The van der Waals surface area contributed by atoms with Gasteiger partial charge in [-0.05, 0) is 43.4 Å². The van der Waals surface area contributed by atoms with Crippen LogP contribution in [0.5, 0.6) is 0 Å². The van der Waals surface area contributed by atoms with Gasteiger partial charge < -0.3 is 10.2 Å². The molecule has 136 valence electrons. The number of piperidine rings is 3. The van der Waals surface area contributed by atoms with Gasteiger partial charge >= 0.3 is 0 Å². The minimum atomic E-state index is 0.0608. The van der Waals surface area contributed by atoms with Gasteiger partial charge in [0.2, 0.25) is 0 Å². The third-order valence-corrected chi connectivity index (χ3v) is 7.09. The molecule has 0 aliphatic carbocycles. The van der Waals surface area contributed by atoms with E-state index in [-0.39, 0.29) is 5.91 Å². The summed E-state index contributed by atoms with van der Waals surface area (Å²) in [5.74, 6) is 4.34. The van der Waals surface area contributed by atoms with E-state index < -0.39 is 0 Å². The van der Waals surface area contributed by atoms with Crippen LogP contribution < -0.4 is 5.32 Å². The standard InChI is InChI=1S/C20H29N3OS/c24-20(16-4-2-1-3-5-16)21-13-19-12-17-6-7-23(19)15-18(17)14-22-8-10-25-11-9-22/h1-5,17-19H,6-15H2,(H,21,24)/t17-,18+,19+/m1/s1. The molecular weight excluding hydrogens is 330 g/mol. The Bertz CT molecular complexity index is 576. The number of benzene rings is 1. The number of rotatable bonds is 5. The van der Waals surface area contributed by atoms with Crippen molar-refractivity contribution in [2.45, 2.75) is 18.9 Å². The molecule has 1 aromatic rings. The van der Waals surface area contributed by atoms with E-state index in [0.717, 1.165) is 23.9 Å². The second-order valence-corrected chi connectivity index (χ2v) is 8.91. The Labute approximate surface area is 155 Å². The summed E-state index contributed by atoms with van der Waals surface area (Å²) in [6.45, 7) is 7.04. The first kappa shape index (κ1) is 17.4. The zero-order chi connectivity index (χ0) is 17.1. The number of carbonyl (C=O) groups is 1. The minimum Gasteiger partial charge on any atom is -0.350 e. The first-order valence-corrected chi connectivity index (χ1v) is 10.8. The van der Waals surface area contributed by atoms with Crippen LogP contribution in [0.1, 0.15) is 23.2 Å². The molecule has 4 heterocycles. The molecule has 0 radical (unpaired) electrons. The van der Waals surface area contributed by atoms with Gasteiger partial charge in [-0.3, -0.25) is 9.69 Å². The fourth-order valence-corrected chi connectivity index (χ4v) is 5.66. The maximum Gasteiger partial charge on any atom is 0.251 e. The van der Waals surface area contributed by atoms with Crippen LogP contribution in [0, 0.1) is 11.8 Å². The second-order valence-electron chi connectivity index (χ2n) is 7.68. The normalized spacial score (nSPS) is 32.5. The van der Waals surface area contributed by atoms with Gasteiger partial charge in [0.1, 0.15) is 0 Å². The molecule has 4 saturated heterocycles. The van der Waals surface area contributed by atoms with Crippen LogP contribution in [0.25, 0.3) is 0 Å². The summed E-state index contributed by atoms with van der Waals surface area (Å²) >= 11 is 2.09. The number of amides is 1. The highest BCUT2D eigenvalue weighted by molar-refractivity contribution is 7.99. The van der Waals surface area contributed by atoms with E-state index in [1.807, 2.05) is 30.3 Å². The van der Waals surface area contributed by atoms with E-state index in [4.69, 9.17) is 0 Å². The van der Waals surface area contributed by atoms with Gasteiger partial charge in [0, 0.05) is 55.8 Å². The number of carbonyl (C=O) groups excluding carboxylic acids is 1. The van der Waals surface area contributed by atoms with Crippen molar-refractivity contribution in [3.05, 3.63) is 35.9 Å². The first-order chi connectivity index (χ1) is 12.3. The average Bonchev–Trinajstić information content (AvgIpc) is 2.68. The van der Waals surface area contributed by atoms with E-state index in [1.165, 1.54) is 57.1 Å². The summed E-state index contributed by atoms with van der Waals surface area (Å²) < 4.78 is 0. The predicted molar refractivity (Wildman–Crippen MR) is 104 cm³/mol. The SMILES string of the molecule is O=C(NC[C@@H]1C[C@H]2CCN1C[C@@H]2CN1CCSCC1)c1ccccc1. The molecule has 2 bridgehead atoms. The highest BCUT2D eigenvalue weighted by Gasteiger charge is 2.40. The number of nitrogens with one attached hydrogen (secondary N) is 1. The van der Waals surface area contributed by atoms with Crippen LogP contribution in [0.2, 0.25) is 0 Å². The van der Waals surface area contributed by atoms with Gasteiger partial charge in [-0.15, -0.1) is 0 Å². The molecule has 1 N–H and O–H groups in total. The molecule has 4 nitrogen and oxygen atoms in total. The molecule has 4 atom stereocenters. The molecule has 0 saturated carbocycles. The Balaban J connectivity index is 1.27. The highest BCUT2D eigenvalue weighted by atomic mass is 32.2. The lowest BCUT2D eigenvalue weighted by molar-refractivity contribution is -0.0104. The monoisotopic (exact) mass is 359 g/mol. The lowest BCUT2D eigenvalue weighted by Crippen LogP contribution is -2.58. The average molecular weight is 360 g/mol. The summed E-state index contributed by atoms with van der Waals surface area (Å²) in [5.41, 5.74) is 0.763. The zero-order valence-electron chi connectivity index (χ0n) is 14.9. The number of hydrogen-bond donors (Lipinski definition) is 1. The van der Waals surface area contributed by atoms with Crippen molar-refractivity contribution in [3.63, 3.8) is 0 Å². The van der Waals surface area contributed by atoms with E-state index in [2.05, 4.69) is 26.9 Å². The van der Waals surface area contributed by atoms with E-state index in [9.17, 15) is 4.79 Å². The lowest BCUT2D eigenvalue weighted by atomic mass is 9.75. The number of nitrogens with zero attached hydrogens (tertiary/aromatic N) is 2. The zero-order valence-corrected chi connectivity index (χ0v) is 15.7.